The van der Waals surface area contributed by atoms with Crippen LogP contribution in [0.1, 0.15) is 22.3 Å². The van der Waals surface area contributed by atoms with Crippen molar-refractivity contribution in [1.29, 1.82) is 0 Å². The molecule has 0 aliphatic rings. The van der Waals surface area contributed by atoms with Crippen molar-refractivity contribution in [3.05, 3.63) is 63.1 Å². The number of hydrogen-bond acceptors (Lipinski definition) is 3. The monoisotopic (exact) mass is 347 g/mol. The highest BCUT2D eigenvalue weighted by molar-refractivity contribution is 9.10. The summed E-state index contributed by atoms with van der Waals surface area (Å²) in [7, 11) is 0. The lowest BCUT2D eigenvalue weighted by molar-refractivity contribution is 0.318. The first-order chi connectivity index (χ1) is 10.0. The summed E-state index contributed by atoms with van der Waals surface area (Å²) < 4.78 is 1.09. The van der Waals surface area contributed by atoms with Crippen LogP contribution in [0.15, 0.2) is 46.0 Å². The molecular formula is C16H18BrN3O. The van der Waals surface area contributed by atoms with Crippen molar-refractivity contribution in [2.45, 2.75) is 20.4 Å². The minimum Gasteiger partial charge on any atom is -0.409 e. The van der Waals surface area contributed by atoms with E-state index in [1.165, 1.54) is 11.1 Å². The smallest absolute Gasteiger partial charge is 0.170 e. The number of hydrogen-bond donors (Lipinski definition) is 3. The van der Waals surface area contributed by atoms with E-state index in [0.29, 0.717) is 0 Å². The normalized spacial score (nSPS) is 11.5. The van der Waals surface area contributed by atoms with Crippen LogP contribution in [0.3, 0.4) is 0 Å². The third-order valence-corrected chi connectivity index (χ3v) is 4.26. The van der Waals surface area contributed by atoms with Crippen molar-refractivity contribution in [2.75, 3.05) is 5.32 Å². The fourth-order valence-corrected chi connectivity index (χ4v) is 2.39. The fraction of sp³-hybridized carbons (Fsp3) is 0.188. The van der Waals surface area contributed by atoms with Crippen LogP contribution >= 0.6 is 15.9 Å². The van der Waals surface area contributed by atoms with Gasteiger partial charge < -0.3 is 16.3 Å². The van der Waals surface area contributed by atoms with Gasteiger partial charge in [0.2, 0.25) is 0 Å². The second-order valence-electron chi connectivity index (χ2n) is 4.94. The van der Waals surface area contributed by atoms with Gasteiger partial charge in [0.15, 0.2) is 5.84 Å². The van der Waals surface area contributed by atoms with E-state index in [1.54, 1.807) is 0 Å². The van der Waals surface area contributed by atoms with Crippen LogP contribution in [-0.2, 0) is 6.54 Å². The van der Waals surface area contributed by atoms with E-state index in [1.807, 2.05) is 25.1 Å². The third kappa shape index (κ3) is 3.76. The molecule has 0 heterocycles. The number of anilines is 1. The summed E-state index contributed by atoms with van der Waals surface area (Å²) in [5, 5.41) is 15.1. The summed E-state index contributed by atoms with van der Waals surface area (Å²) in [5.74, 6) is 0.125. The zero-order valence-corrected chi connectivity index (χ0v) is 13.6. The Morgan fingerprint density at radius 2 is 1.95 bits per heavy atom. The molecule has 0 aromatic heterocycles. The molecule has 0 radical (unpaired) electrons. The molecule has 0 atom stereocenters. The summed E-state index contributed by atoms with van der Waals surface area (Å²) in [6.45, 7) is 4.79. The lowest BCUT2D eigenvalue weighted by Gasteiger charge is -2.11. The Hall–Kier alpha value is -2.01. The molecule has 0 fully saturated rings. The third-order valence-electron chi connectivity index (χ3n) is 3.40. The summed E-state index contributed by atoms with van der Waals surface area (Å²) in [6, 6.07) is 11.9. The minimum absolute atomic E-state index is 0.125. The predicted molar refractivity (Wildman–Crippen MR) is 89.9 cm³/mol. The Morgan fingerprint density at radius 3 is 2.57 bits per heavy atom. The lowest BCUT2D eigenvalue weighted by Crippen LogP contribution is -2.13. The lowest BCUT2D eigenvalue weighted by atomic mass is 10.0. The van der Waals surface area contributed by atoms with Gasteiger partial charge in [-0.1, -0.05) is 39.3 Å². The van der Waals surface area contributed by atoms with Crippen molar-refractivity contribution < 1.29 is 5.21 Å². The molecule has 0 saturated heterocycles. The number of oxime groups is 1. The van der Waals surface area contributed by atoms with Crippen molar-refractivity contribution in [3.63, 3.8) is 0 Å². The van der Waals surface area contributed by atoms with Crippen molar-refractivity contribution in [2.24, 2.45) is 10.9 Å². The first-order valence-electron chi connectivity index (χ1n) is 6.58. The topological polar surface area (TPSA) is 70.6 Å². The number of benzene rings is 2. The Bertz CT molecular complexity index is 683. The predicted octanol–water partition coefficient (Wildman–Crippen LogP) is 3.77. The van der Waals surface area contributed by atoms with Gasteiger partial charge in [0.25, 0.3) is 0 Å². The van der Waals surface area contributed by atoms with E-state index < -0.39 is 0 Å². The number of amidine groups is 1. The molecule has 110 valence electrons. The van der Waals surface area contributed by atoms with Crippen LogP contribution in [-0.4, -0.2) is 11.0 Å². The molecule has 0 bridgehead atoms. The van der Waals surface area contributed by atoms with Gasteiger partial charge in [0.1, 0.15) is 0 Å². The van der Waals surface area contributed by atoms with Gasteiger partial charge in [0.05, 0.1) is 0 Å². The number of nitrogens with zero attached hydrogens (tertiary/aromatic N) is 1. The molecule has 0 unspecified atom stereocenters. The standard InChI is InChI=1S/C16H18BrN3O/c1-10-3-6-14(8-15(10)17)19-9-13-5-4-12(7-11(13)2)16(18)20-21/h3-8,19,21H,9H2,1-2H3,(H2,18,20). The Balaban J connectivity index is 2.11. The van der Waals surface area contributed by atoms with E-state index in [9.17, 15) is 0 Å². The highest BCUT2D eigenvalue weighted by atomic mass is 79.9. The first kappa shape index (κ1) is 15.4. The van der Waals surface area contributed by atoms with Gasteiger partial charge in [-0.3, -0.25) is 0 Å². The van der Waals surface area contributed by atoms with Crippen LogP contribution in [0.4, 0.5) is 5.69 Å². The highest BCUT2D eigenvalue weighted by Gasteiger charge is 2.04. The van der Waals surface area contributed by atoms with Crippen LogP contribution in [0.25, 0.3) is 0 Å². The first-order valence-corrected chi connectivity index (χ1v) is 7.38. The van der Waals surface area contributed by atoms with Gasteiger partial charge in [-0.15, -0.1) is 0 Å². The molecule has 2 aromatic rings. The van der Waals surface area contributed by atoms with Crippen LogP contribution in [0.5, 0.6) is 0 Å². The quantitative estimate of drug-likeness (QED) is 0.341. The molecule has 21 heavy (non-hydrogen) atoms. The van der Waals surface area contributed by atoms with E-state index in [-0.39, 0.29) is 5.84 Å². The summed E-state index contributed by atoms with van der Waals surface area (Å²) >= 11 is 3.53. The minimum atomic E-state index is 0.125. The van der Waals surface area contributed by atoms with Crippen LogP contribution in [0.2, 0.25) is 0 Å². The van der Waals surface area contributed by atoms with Crippen molar-refractivity contribution >= 4 is 27.5 Å². The Kier molecular flexibility index (Phi) is 4.85. The molecule has 0 aliphatic heterocycles. The second-order valence-corrected chi connectivity index (χ2v) is 5.80. The zero-order valence-electron chi connectivity index (χ0n) is 12.0. The zero-order chi connectivity index (χ0) is 15.4. The van der Waals surface area contributed by atoms with E-state index >= 15 is 0 Å². The van der Waals surface area contributed by atoms with Gasteiger partial charge in [0, 0.05) is 22.3 Å². The van der Waals surface area contributed by atoms with Gasteiger partial charge in [-0.05, 0) is 48.7 Å². The maximum Gasteiger partial charge on any atom is 0.170 e. The Morgan fingerprint density at radius 1 is 1.19 bits per heavy atom. The summed E-state index contributed by atoms with van der Waals surface area (Å²) in [4.78, 5) is 0. The molecule has 5 heteroatoms. The van der Waals surface area contributed by atoms with Gasteiger partial charge in [-0.25, -0.2) is 0 Å². The number of nitrogens with two attached hydrogens (primary N) is 1. The van der Waals surface area contributed by atoms with E-state index in [0.717, 1.165) is 27.8 Å². The maximum atomic E-state index is 8.69. The van der Waals surface area contributed by atoms with Gasteiger partial charge in [-0.2, -0.15) is 0 Å². The SMILES string of the molecule is Cc1ccc(NCc2ccc(/C(N)=N/O)cc2C)cc1Br. The molecular weight excluding hydrogens is 330 g/mol. The molecule has 0 amide bonds. The second kappa shape index (κ2) is 6.63. The molecule has 4 nitrogen and oxygen atoms in total. The largest absolute Gasteiger partial charge is 0.409 e. The number of nitrogens with one attached hydrogen (secondary N) is 1. The average Bonchev–Trinajstić information content (AvgIpc) is 2.48. The molecule has 0 spiro atoms. The highest BCUT2D eigenvalue weighted by Crippen LogP contribution is 2.21. The summed E-state index contributed by atoms with van der Waals surface area (Å²) in [5.41, 5.74) is 10.8. The molecule has 2 rings (SSSR count). The molecule has 2 aromatic carbocycles. The van der Waals surface area contributed by atoms with Gasteiger partial charge >= 0.3 is 0 Å². The fourth-order valence-electron chi connectivity index (χ4n) is 2.01. The van der Waals surface area contributed by atoms with E-state index in [4.69, 9.17) is 10.9 Å². The number of halogens is 1. The van der Waals surface area contributed by atoms with E-state index in [2.05, 4.69) is 51.5 Å². The van der Waals surface area contributed by atoms with Crippen molar-refractivity contribution in [1.82, 2.24) is 0 Å². The summed E-state index contributed by atoms with van der Waals surface area (Å²) in [6.07, 6.45) is 0. The average molecular weight is 348 g/mol. The number of rotatable bonds is 4. The van der Waals surface area contributed by atoms with Crippen molar-refractivity contribution in [3.8, 4) is 0 Å². The van der Waals surface area contributed by atoms with Crippen LogP contribution < -0.4 is 11.1 Å². The molecule has 0 aliphatic carbocycles. The maximum absolute atomic E-state index is 8.69. The Labute approximate surface area is 132 Å². The number of aryl methyl sites for hydroxylation is 2. The molecule has 0 saturated carbocycles. The molecule has 4 N–H and O–H groups in total. The van der Waals surface area contributed by atoms with Crippen LogP contribution in [0, 0.1) is 13.8 Å².